The van der Waals surface area contributed by atoms with Crippen molar-refractivity contribution in [2.75, 3.05) is 13.6 Å². The van der Waals surface area contributed by atoms with E-state index in [0.717, 1.165) is 37.9 Å². The topological polar surface area (TPSA) is 51.4 Å². The molecule has 126 valence electrons. The Balaban J connectivity index is 1.40. The zero-order chi connectivity index (χ0) is 15.8. The maximum absolute atomic E-state index is 12.8. The van der Waals surface area contributed by atoms with Crippen LogP contribution in [0.1, 0.15) is 56.7 Å². The van der Waals surface area contributed by atoms with E-state index in [-0.39, 0.29) is 12.1 Å². The van der Waals surface area contributed by atoms with E-state index in [2.05, 4.69) is 28.3 Å². The third-order valence-corrected chi connectivity index (χ3v) is 6.16. The number of hydrogen-bond acceptors (Lipinski definition) is 2. The summed E-state index contributed by atoms with van der Waals surface area (Å²) in [6.45, 7) is 0.870. The molecule has 2 bridgehead atoms. The first kappa shape index (κ1) is 15.1. The summed E-state index contributed by atoms with van der Waals surface area (Å²) < 4.78 is 0. The summed E-state index contributed by atoms with van der Waals surface area (Å²) in [7, 11) is 2.26. The second-order valence-electron chi connectivity index (χ2n) is 7.50. The fourth-order valence-corrected chi connectivity index (χ4v) is 4.88. The van der Waals surface area contributed by atoms with Crippen LogP contribution in [0.15, 0.2) is 18.3 Å². The molecule has 0 spiro atoms. The van der Waals surface area contributed by atoms with E-state index in [9.17, 15) is 4.79 Å². The van der Waals surface area contributed by atoms with Gasteiger partial charge in [-0.3, -0.25) is 0 Å². The van der Waals surface area contributed by atoms with E-state index < -0.39 is 0 Å². The minimum Gasteiger partial charge on any atom is -0.363 e. The Morgan fingerprint density at radius 1 is 1.22 bits per heavy atom. The molecule has 23 heavy (non-hydrogen) atoms. The van der Waals surface area contributed by atoms with Crippen LogP contribution in [0.4, 0.5) is 4.79 Å². The van der Waals surface area contributed by atoms with Gasteiger partial charge < -0.3 is 20.1 Å². The lowest BCUT2D eigenvalue weighted by Gasteiger charge is -2.47. The van der Waals surface area contributed by atoms with Gasteiger partial charge in [-0.15, -0.1) is 0 Å². The van der Waals surface area contributed by atoms with Crippen molar-refractivity contribution in [3.05, 3.63) is 24.0 Å². The number of fused-ring (bicyclic) bond motifs is 2. The van der Waals surface area contributed by atoms with Gasteiger partial charge in [0.05, 0.1) is 6.04 Å². The van der Waals surface area contributed by atoms with Crippen LogP contribution in [0.2, 0.25) is 0 Å². The molecule has 1 aromatic rings. The summed E-state index contributed by atoms with van der Waals surface area (Å²) in [5.74, 6) is 0. The Bertz CT molecular complexity index is 529. The molecule has 4 heterocycles. The van der Waals surface area contributed by atoms with Crippen molar-refractivity contribution in [3.63, 3.8) is 0 Å². The standard InChI is InChI=1S/C18H28N4O/c1-21-14-5-2-6-15(21)12-13(11-14)20-18(23)22-10-4-8-17(22)16-7-3-9-19-16/h3,7,9,13-15,17,19H,2,4-6,8,10-12H2,1H3,(H,20,23)/t14-,15-,17+/m0/s1. The Labute approximate surface area is 138 Å². The Morgan fingerprint density at radius 2 is 2.00 bits per heavy atom. The highest BCUT2D eigenvalue weighted by atomic mass is 16.2. The first-order valence-electron chi connectivity index (χ1n) is 9.14. The number of H-pyrrole nitrogens is 1. The number of aromatic nitrogens is 1. The molecule has 5 nitrogen and oxygen atoms in total. The lowest BCUT2D eigenvalue weighted by molar-refractivity contribution is 0.0492. The highest BCUT2D eigenvalue weighted by Gasteiger charge is 2.38. The van der Waals surface area contributed by atoms with Gasteiger partial charge in [0, 0.05) is 36.6 Å². The molecule has 3 atom stereocenters. The van der Waals surface area contributed by atoms with Crippen molar-refractivity contribution in [1.82, 2.24) is 20.1 Å². The van der Waals surface area contributed by atoms with Crippen LogP contribution in [0, 0.1) is 0 Å². The fourth-order valence-electron chi connectivity index (χ4n) is 4.88. The van der Waals surface area contributed by atoms with Crippen molar-refractivity contribution in [2.24, 2.45) is 0 Å². The summed E-state index contributed by atoms with van der Waals surface area (Å²) >= 11 is 0. The number of aromatic amines is 1. The number of carbonyl (C=O) groups is 1. The average molecular weight is 316 g/mol. The molecule has 4 rings (SSSR count). The Kier molecular flexibility index (Phi) is 4.05. The van der Waals surface area contributed by atoms with Gasteiger partial charge >= 0.3 is 6.03 Å². The molecule has 1 aromatic heterocycles. The van der Waals surface area contributed by atoms with Crippen molar-refractivity contribution >= 4 is 6.03 Å². The van der Waals surface area contributed by atoms with E-state index in [4.69, 9.17) is 0 Å². The third kappa shape index (κ3) is 2.87. The van der Waals surface area contributed by atoms with Gasteiger partial charge in [-0.05, 0) is 57.7 Å². The molecule has 0 aromatic carbocycles. The predicted molar refractivity (Wildman–Crippen MR) is 90.2 cm³/mol. The van der Waals surface area contributed by atoms with Gasteiger partial charge in [0.1, 0.15) is 0 Å². The van der Waals surface area contributed by atoms with Crippen molar-refractivity contribution in [3.8, 4) is 0 Å². The number of amides is 2. The number of hydrogen-bond donors (Lipinski definition) is 2. The molecule has 5 heteroatoms. The Morgan fingerprint density at radius 3 is 2.70 bits per heavy atom. The zero-order valence-electron chi connectivity index (χ0n) is 14.0. The predicted octanol–water partition coefficient (Wildman–Crippen LogP) is 2.88. The molecule has 3 saturated heterocycles. The van der Waals surface area contributed by atoms with E-state index in [1.54, 1.807) is 0 Å². The summed E-state index contributed by atoms with van der Waals surface area (Å²) in [5.41, 5.74) is 1.16. The number of nitrogens with one attached hydrogen (secondary N) is 2. The molecule has 2 amide bonds. The van der Waals surface area contributed by atoms with Gasteiger partial charge in [-0.2, -0.15) is 0 Å². The second-order valence-corrected chi connectivity index (χ2v) is 7.50. The lowest BCUT2D eigenvalue weighted by Crippen LogP contribution is -2.56. The summed E-state index contributed by atoms with van der Waals surface area (Å²) in [6.07, 6.45) is 10.2. The molecule has 3 aliphatic rings. The monoisotopic (exact) mass is 316 g/mol. The van der Waals surface area contributed by atoms with Crippen LogP contribution >= 0.6 is 0 Å². The summed E-state index contributed by atoms with van der Waals surface area (Å²) in [5, 5.41) is 3.35. The van der Waals surface area contributed by atoms with E-state index in [0.29, 0.717) is 18.1 Å². The Hall–Kier alpha value is -1.49. The molecule has 0 unspecified atom stereocenters. The molecule has 2 N–H and O–H groups in total. The minimum absolute atomic E-state index is 0.134. The number of likely N-dealkylation sites (tertiary alicyclic amines) is 1. The first-order valence-corrected chi connectivity index (χ1v) is 9.14. The minimum atomic E-state index is 0.134. The highest BCUT2D eigenvalue weighted by Crippen LogP contribution is 2.34. The maximum atomic E-state index is 12.8. The number of piperidine rings is 2. The SMILES string of the molecule is CN1[C@H]2CCC[C@H]1CC(NC(=O)N1CCC[C@@H]1c1ccc[nH]1)C2. The normalized spacial score (nSPS) is 34.6. The van der Waals surface area contributed by atoms with E-state index in [1.807, 2.05) is 17.2 Å². The molecule has 3 aliphatic heterocycles. The summed E-state index contributed by atoms with van der Waals surface area (Å²) in [4.78, 5) is 20.7. The van der Waals surface area contributed by atoms with Crippen molar-refractivity contribution in [2.45, 2.75) is 69.1 Å². The largest absolute Gasteiger partial charge is 0.363 e. The lowest BCUT2D eigenvalue weighted by atomic mass is 9.82. The maximum Gasteiger partial charge on any atom is 0.318 e. The van der Waals surface area contributed by atoms with Gasteiger partial charge in [0.25, 0.3) is 0 Å². The fraction of sp³-hybridized carbons (Fsp3) is 0.722. The molecule has 0 aliphatic carbocycles. The molecule has 0 radical (unpaired) electrons. The first-order chi connectivity index (χ1) is 11.2. The zero-order valence-corrected chi connectivity index (χ0v) is 14.0. The molecule has 3 fully saturated rings. The van der Waals surface area contributed by atoms with Gasteiger partial charge in [-0.1, -0.05) is 6.42 Å². The van der Waals surface area contributed by atoms with Crippen LogP contribution in [0.25, 0.3) is 0 Å². The smallest absolute Gasteiger partial charge is 0.318 e. The second kappa shape index (κ2) is 6.19. The van der Waals surface area contributed by atoms with Crippen LogP contribution < -0.4 is 5.32 Å². The van der Waals surface area contributed by atoms with E-state index in [1.165, 1.54) is 19.3 Å². The average Bonchev–Trinajstić information content (AvgIpc) is 3.18. The number of urea groups is 1. The molecular weight excluding hydrogens is 288 g/mol. The number of rotatable bonds is 2. The summed E-state index contributed by atoms with van der Waals surface area (Å²) in [6, 6.07) is 6.12. The van der Waals surface area contributed by atoms with Gasteiger partial charge in [0.15, 0.2) is 0 Å². The van der Waals surface area contributed by atoms with Crippen LogP contribution in [-0.4, -0.2) is 52.5 Å². The highest BCUT2D eigenvalue weighted by molar-refractivity contribution is 5.75. The van der Waals surface area contributed by atoms with E-state index >= 15 is 0 Å². The van der Waals surface area contributed by atoms with Gasteiger partial charge in [0.2, 0.25) is 0 Å². The van der Waals surface area contributed by atoms with Crippen LogP contribution in [0.5, 0.6) is 0 Å². The quantitative estimate of drug-likeness (QED) is 0.881. The molecule has 0 saturated carbocycles. The van der Waals surface area contributed by atoms with Crippen molar-refractivity contribution in [1.29, 1.82) is 0 Å². The van der Waals surface area contributed by atoms with Crippen molar-refractivity contribution < 1.29 is 4.79 Å². The van der Waals surface area contributed by atoms with Gasteiger partial charge in [-0.25, -0.2) is 4.79 Å². The van der Waals surface area contributed by atoms with Crippen LogP contribution in [-0.2, 0) is 0 Å². The number of nitrogens with zero attached hydrogens (tertiary/aromatic N) is 2. The molecular formula is C18H28N4O. The third-order valence-electron chi connectivity index (χ3n) is 6.16. The number of carbonyl (C=O) groups excluding carboxylic acids is 1. The van der Waals surface area contributed by atoms with Crippen LogP contribution in [0.3, 0.4) is 0 Å².